The molecule has 5 rings (SSSR count). The number of aliphatic imine (C=N–C) groups is 1. The monoisotopic (exact) mass is 612 g/mol. The topological polar surface area (TPSA) is 121 Å². The Labute approximate surface area is 266 Å². The molecule has 0 aromatic heterocycles. The van der Waals surface area contributed by atoms with Crippen molar-refractivity contribution < 1.29 is 18.9 Å². The second-order valence-corrected chi connectivity index (χ2v) is 11.1. The summed E-state index contributed by atoms with van der Waals surface area (Å²) in [5, 5.41) is 32.7. The summed E-state index contributed by atoms with van der Waals surface area (Å²) in [6.45, 7) is 0. The van der Waals surface area contributed by atoms with E-state index in [4.69, 9.17) is 23.9 Å². The van der Waals surface area contributed by atoms with Crippen LogP contribution in [-0.2, 0) is 4.75 Å². The van der Waals surface area contributed by atoms with Crippen LogP contribution in [0.5, 0.6) is 23.0 Å². The minimum Gasteiger partial charge on any atom is -0.497 e. The number of allylic oxidation sites excluding steroid dienone is 1. The third kappa shape index (κ3) is 5.23. The van der Waals surface area contributed by atoms with E-state index in [1.165, 1.54) is 11.8 Å². The van der Waals surface area contributed by atoms with Crippen LogP contribution in [-0.4, -0.2) is 34.2 Å². The van der Waals surface area contributed by atoms with Crippen LogP contribution in [0.4, 0.5) is 0 Å². The quantitative estimate of drug-likeness (QED) is 0.185. The summed E-state index contributed by atoms with van der Waals surface area (Å²) in [5.74, 6) is 2.57. The minimum absolute atomic E-state index is 0.0383. The Balaban J connectivity index is 1.81. The standard InChI is InChI=1S/C36H28N4O4S/c1-41-28-13-5-24(6-14-28)33(25-7-15-29(42-2)16-8-25)40-34-32(21-37)35(22-38,23-39)36(45-34,26-9-17-30(43-3)18-10-26)27-11-19-31(44-4)20-12-27/h5-20H,1-4H3. The molecule has 1 aliphatic heterocycles. The van der Waals surface area contributed by atoms with E-state index < -0.39 is 10.2 Å². The van der Waals surface area contributed by atoms with Crippen LogP contribution in [0.2, 0.25) is 0 Å². The first-order valence-corrected chi connectivity index (χ1v) is 14.6. The van der Waals surface area contributed by atoms with Gasteiger partial charge < -0.3 is 18.9 Å². The molecule has 8 nitrogen and oxygen atoms in total. The highest BCUT2D eigenvalue weighted by Gasteiger charge is 2.64. The molecule has 0 N–H and O–H groups in total. The van der Waals surface area contributed by atoms with Crippen molar-refractivity contribution in [3.8, 4) is 41.2 Å². The molecule has 45 heavy (non-hydrogen) atoms. The van der Waals surface area contributed by atoms with E-state index in [0.29, 0.717) is 39.8 Å². The molecule has 0 saturated carbocycles. The van der Waals surface area contributed by atoms with Crippen molar-refractivity contribution in [2.75, 3.05) is 28.4 Å². The average molecular weight is 613 g/mol. The Kier molecular flexibility index (Phi) is 8.81. The maximum Gasteiger partial charge on any atom is 0.203 e. The van der Waals surface area contributed by atoms with Crippen LogP contribution >= 0.6 is 11.8 Å². The maximum absolute atomic E-state index is 10.9. The van der Waals surface area contributed by atoms with Gasteiger partial charge in [-0.2, -0.15) is 15.8 Å². The van der Waals surface area contributed by atoms with Crippen LogP contribution in [0, 0.1) is 39.4 Å². The Bertz CT molecular complexity index is 1770. The molecule has 9 heteroatoms. The molecule has 0 amide bonds. The van der Waals surface area contributed by atoms with E-state index in [1.807, 2.05) is 72.8 Å². The molecule has 0 saturated heterocycles. The van der Waals surface area contributed by atoms with Crippen molar-refractivity contribution in [1.29, 1.82) is 15.8 Å². The minimum atomic E-state index is -1.95. The maximum atomic E-state index is 10.9. The first-order valence-electron chi connectivity index (χ1n) is 13.8. The van der Waals surface area contributed by atoms with Gasteiger partial charge in [-0.15, -0.1) is 0 Å². The molecule has 0 spiro atoms. The molecule has 1 aliphatic rings. The molecule has 0 aliphatic carbocycles. The summed E-state index contributed by atoms with van der Waals surface area (Å²) in [4.78, 5) is 5.09. The number of hydrogen-bond donors (Lipinski definition) is 0. The number of rotatable bonds is 9. The van der Waals surface area contributed by atoms with Gasteiger partial charge in [0.15, 0.2) is 0 Å². The normalized spacial score (nSPS) is 14.3. The second-order valence-electron chi connectivity index (χ2n) is 9.92. The number of nitriles is 3. The summed E-state index contributed by atoms with van der Waals surface area (Å²) in [6, 6.07) is 35.8. The number of nitrogens with zero attached hydrogens (tertiary/aromatic N) is 4. The molecule has 0 fully saturated rings. The van der Waals surface area contributed by atoms with Crippen molar-refractivity contribution in [1.82, 2.24) is 0 Å². The van der Waals surface area contributed by atoms with Gasteiger partial charge in [0.1, 0.15) is 38.8 Å². The first-order chi connectivity index (χ1) is 21.9. The SMILES string of the molecule is COc1ccc(C(=NC2=C(C#N)C(C#N)(C#N)C(c3ccc(OC)cc3)(c3ccc(OC)cc3)S2)c2ccc(OC)cc2)cc1. The predicted molar refractivity (Wildman–Crippen MR) is 172 cm³/mol. The number of methoxy groups -OCH3 is 4. The van der Waals surface area contributed by atoms with Gasteiger partial charge in [0.2, 0.25) is 5.41 Å². The molecular weight excluding hydrogens is 584 g/mol. The second kappa shape index (κ2) is 12.9. The van der Waals surface area contributed by atoms with E-state index in [-0.39, 0.29) is 10.6 Å². The number of ether oxygens (including phenoxy) is 4. The van der Waals surface area contributed by atoms with Crippen molar-refractivity contribution >= 4 is 17.5 Å². The first kappa shape index (κ1) is 30.8. The Morgan fingerprint density at radius 2 is 0.933 bits per heavy atom. The van der Waals surface area contributed by atoms with Gasteiger partial charge in [-0.1, -0.05) is 36.0 Å². The van der Waals surface area contributed by atoms with Gasteiger partial charge in [0.05, 0.1) is 51.9 Å². The lowest BCUT2D eigenvalue weighted by molar-refractivity contribution is 0.413. The van der Waals surface area contributed by atoms with E-state index in [1.54, 1.807) is 52.7 Å². The van der Waals surface area contributed by atoms with Crippen LogP contribution in [0.15, 0.2) is 113 Å². The predicted octanol–water partition coefficient (Wildman–Crippen LogP) is 7.02. The van der Waals surface area contributed by atoms with Gasteiger partial charge in [0, 0.05) is 11.1 Å². The van der Waals surface area contributed by atoms with Gasteiger partial charge in [0.25, 0.3) is 0 Å². The lowest BCUT2D eigenvalue weighted by Crippen LogP contribution is -2.40. The average Bonchev–Trinajstić information content (AvgIpc) is 3.40. The summed E-state index contributed by atoms with van der Waals surface area (Å²) < 4.78 is 20.2. The zero-order valence-corrected chi connectivity index (χ0v) is 25.9. The Morgan fingerprint density at radius 3 is 1.24 bits per heavy atom. The van der Waals surface area contributed by atoms with E-state index in [2.05, 4.69) is 18.2 Å². The highest BCUT2D eigenvalue weighted by Crippen LogP contribution is 2.66. The van der Waals surface area contributed by atoms with Crippen molar-refractivity contribution in [2.45, 2.75) is 4.75 Å². The lowest BCUT2D eigenvalue weighted by atomic mass is 9.66. The molecule has 0 radical (unpaired) electrons. The Hall–Kier alpha value is -5.69. The van der Waals surface area contributed by atoms with E-state index in [0.717, 1.165) is 11.1 Å². The van der Waals surface area contributed by atoms with Gasteiger partial charge in [-0.3, -0.25) is 0 Å². The number of benzene rings is 4. The van der Waals surface area contributed by atoms with Gasteiger partial charge in [-0.25, -0.2) is 4.99 Å². The zero-order chi connectivity index (χ0) is 32.0. The fourth-order valence-corrected chi connectivity index (χ4v) is 6.96. The van der Waals surface area contributed by atoms with E-state index >= 15 is 0 Å². The molecule has 0 atom stereocenters. The van der Waals surface area contributed by atoms with Crippen molar-refractivity contribution in [3.63, 3.8) is 0 Å². The third-order valence-electron chi connectivity index (χ3n) is 7.75. The van der Waals surface area contributed by atoms with Crippen molar-refractivity contribution in [2.24, 2.45) is 10.4 Å². The summed E-state index contributed by atoms with van der Waals surface area (Å²) in [6.07, 6.45) is 0. The summed E-state index contributed by atoms with van der Waals surface area (Å²) in [5.41, 5.74) is 1.32. The highest BCUT2D eigenvalue weighted by atomic mass is 32.2. The van der Waals surface area contributed by atoms with Crippen LogP contribution in [0.3, 0.4) is 0 Å². The number of thioether (sulfide) groups is 1. The Morgan fingerprint density at radius 1 is 0.578 bits per heavy atom. The third-order valence-corrected chi connectivity index (χ3v) is 9.32. The molecule has 0 bridgehead atoms. The molecule has 1 heterocycles. The summed E-state index contributed by atoms with van der Waals surface area (Å²) >= 11 is 1.21. The molecule has 4 aromatic rings. The molecular formula is C36H28N4O4S. The van der Waals surface area contributed by atoms with Crippen LogP contribution < -0.4 is 18.9 Å². The zero-order valence-electron chi connectivity index (χ0n) is 25.1. The van der Waals surface area contributed by atoms with Crippen molar-refractivity contribution in [3.05, 3.63) is 130 Å². The van der Waals surface area contributed by atoms with E-state index in [9.17, 15) is 15.8 Å². The molecule has 0 unspecified atom stereocenters. The smallest absolute Gasteiger partial charge is 0.203 e. The summed E-state index contributed by atoms with van der Waals surface area (Å²) in [7, 11) is 6.31. The van der Waals surface area contributed by atoms with Crippen LogP contribution in [0.1, 0.15) is 22.3 Å². The molecule has 222 valence electrons. The fourth-order valence-electron chi connectivity index (χ4n) is 5.38. The largest absolute Gasteiger partial charge is 0.497 e. The number of hydrogen-bond acceptors (Lipinski definition) is 9. The van der Waals surface area contributed by atoms with Gasteiger partial charge in [-0.05, 0) is 83.9 Å². The fraction of sp³-hybridized carbons (Fsp3) is 0.167. The lowest BCUT2D eigenvalue weighted by Gasteiger charge is -2.37. The molecule has 4 aromatic carbocycles. The van der Waals surface area contributed by atoms with Crippen LogP contribution in [0.25, 0.3) is 0 Å². The highest BCUT2D eigenvalue weighted by molar-refractivity contribution is 8.04. The van der Waals surface area contributed by atoms with Gasteiger partial charge >= 0.3 is 0 Å².